The fraction of sp³-hybridized carbons (Fsp3) is 0.250. The van der Waals surface area contributed by atoms with Crippen molar-refractivity contribution in [3.8, 4) is 0 Å². The summed E-state index contributed by atoms with van der Waals surface area (Å²) in [6.07, 6.45) is -9.87. The number of nitrogens with zero attached hydrogens (tertiary/aromatic N) is 5. The lowest BCUT2D eigenvalue weighted by Crippen LogP contribution is -2.33. The highest BCUT2D eigenvalue weighted by molar-refractivity contribution is 9.11. The van der Waals surface area contributed by atoms with Crippen molar-refractivity contribution < 1.29 is 79.0 Å². The fourth-order valence-electron chi connectivity index (χ4n) is 6.13. The number of rotatable bonds is 16. The number of pyridine rings is 3. The summed E-state index contributed by atoms with van der Waals surface area (Å²) >= 11 is 29.3. The number of nitrogens with one attached hydrogen (secondary N) is 1. The minimum atomic E-state index is -4.81. The van der Waals surface area contributed by atoms with E-state index < -0.39 is 109 Å². The Morgan fingerprint density at radius 1 is 0.538 bits per heavy atom. The van der Waals surface area contributed by atoms with Crippen LogP contribution in [-0.2, 0) is 74.7 Å². The van der Waals surface area contributed by atoms with E-state index in [2.05, 4.69) is 83.4 Å². The topological polar surface area (TPSA) is 187 Å². The zero-order valence-corrected chi connectivity index (χ0v) is 50.7. The average Bonchev–Trinajstić information content (AvgIpc) is 3.34. The lowest BCUT2D eigenvalue weighted by molar-refractivity contribution is -0.138. The van der Waals surface area contributed by atoms with Gasteiger partial charge in [-0.1, -0.05) is 50.7 Å². The second kappa shape index (κ2) is 27.4. The molecule has 6 rings (SSSR count). The van der Waals surface area contributed by atoms with Crippen molar-refractivity contribution in [2.24, 2.45) is 0 Å². The smallest absolute Gasteiger partial charge is 0.380 e. The summed E-state index contributed by atoms with van der Waals surface area (Å²) in [6, 6.07) is 11.6. The maximum Gasteiger partial charge on any atom is 0.417 e. The SMILES string of the molecule is COCN(c1cc(CBr)cnc1Br)S(=O)(=O)c1ccc(Cl)c(C(F)(F)F)c1.COCc1cnc(Br)c(N(COC)S(=O)(=O)c2ccc(Cl)c(C(F)(F)F)c2)c1.Cc1cnc(Br)c(NS(=O)(=O)c2ccc(Cl)c(C(F)(F)F)c2)c1. The van der Waals surface area contributed by atoms with Crippen molar-refractivity contribution in [2.75, 3.05) is 48.1 Å². The summed E-state index contributed by atoms with van der Waals surface area (Å²) in [4.78, 5) is 10.3. The van der Waals surface area contributed by atoms with Crippen LogP contribution < -0.4 is 13.3 Å². The van der Waals surface area contributed by atoms with E-state index in [0.29, 0.717) is 40.2 Å². The molecule has 78 heavy (non-hydrogen) atoms. The first kappa shape index (κ1) is 66.9. The van der Waals surface area contributed by atoms with Gasteiger partial charge in [0.15, 0.2) is 0 Å². The lowest BCUT2D eigenvalue weighted by Gasteiger charge is -2.25. The summed E-state index contributed by atoms with van der Waals surface area (Å²) in [5.41, 5.74) is -1.49. The number of hydrogen-bond donors (Lipinski definition) is 1. The summed E-state index contributed by atoms with van der Waals surface area (Å²) in [5, 5.41) is -1.37. The molecule has 34 heteroatoms. The number of anilines is 3. The van der Waals surface area contributed by atoms with Crippen molar-refractivity contribution in [3.63, 3.8) is 0 Å². The molecule has 0 aliphatic rings. The number of halogens is 16. The molecule has 6 aromatic rings. The Morgan fingerprint density at radius 2 is 0.910 bits per heavy atom. The first-order chi connectivity index (χ1) is 36.0. The molecule has 0 saturated carbocycles. The Balaban J connectivity index is 0.000000254. The largest absolute Gasteiger partial charge is 0.417 e. The maximum absolute atomic E-state index is 13.1. The minimum absolute atomic E-state index is 0.0832. The molecular weight excluding hydrogens is 1450 g/mol. The molecular formula is C44H36Br4Cl3F9N6O9S3. The van der Waals surface area contributed by atoms with E-state index in [0.717, 1.165) is 45.0 Å². The molecule has 0 spiro atoms. The van der Waals surface area contributed by atoms with Gasteiger partial charge in [-0.05, 0) is 144 Å². The van der Waals surface area contributed by atoms with Gasteiger partial charge in [0.2, 0.25) is 0 Å². The molecule has 0 aliphatic carbocycles. The fourth-order valence-corrected chi connectivity index (χ4v) is 12.5. The molecule has 426 valence electrons. The molecule has 0 bridgehead atoms. The number of sulfonamides is 3. The second-order valence-corrected chi connectivity index (χ2v) is 24.7. The molecule has 0 radical (unpaired) electrons. The number of alkyl halides is 10. The Kier molecular flexibility index (Phi) is 23.5. The Bertz CT molecular complexity index is 3470. The minimum Gasteiger partial charge on any atom is -0.380 e. The van der Waals surface area contributed by atoms with E-state index in [1.165, 1.54) is 58.1 Å². The standard InChI is InChI=1S/C16H15BrClF3N2O4S.C15H12Br2ClF3N2O3S.C13H9BrClF3N2O2S/c1-26-8-10-5-14(15(17)22-7-10)23(9-27-2)28(24,25)11-3-4-13(18)12(6-11)16(19,20)21;1-26-8-23(13-4-9(6-16)7-22-14(13)17)27(24,25)10-2-3-12(18)11(5-10)15(19,20)21;1-7-4-11(12(14)19-6-7)20-23(21,22)8-2-3-10(15)9(5-8)13(16,17)18/h3-7H,8-9H2,1-2H3;2-5,7H,6,8H2,1H3;2-6,20H,1H3. The monoisotopic (exact) mass is 1480 g/mol. The van der Waals surface area contributed by atoms with Gasteiger partial charge in [-0.25, -0.2) is 48.8 Å². The molecule has 1 N–H and O–H groups in total. The number of methoxy groups -OCH3 is 3. The van der Waals surface area contributed by atoms with Crippen molar-refractivity contribution >= 4 is 146 Å². The lowest BCUT2D eigenvalue weighted by atomic mass is 10.2. The van der Waals surface area contributed by atoms with Crippen LogP contribution in [0.4, 0.5) is 56.6 Å². The van der Waals surface area contributed by atoms with E-state index in [1.54, 1.807) is 6.92 Å². The first-order valence-corrected chi connectivity index (χ1v) is 29.7. The quantitative estimate of drug-likeness (QED) is 0.0419. The molecule has 0 aliphatic heterocycles. The predicted octanol–water partition coefficient (Wildman–Crippen LogP) is 14.3. The normalized spacial score (nSPS) is 12.3. The van der Waals surface area contributed by atoms with Crippen molar-refractivity contribution in [3.05, 3.63) is 154 Å². The average molecular weight is 1490 g/mol. The predicted molar refractivity (Wildman–Crippen MR) is 287 cm³/mol. The van der Waals surface area contributed by atoms with E-state index >= 15 is 0 Å². The van der Waals surface area contributed by atoms with Crippen LogP contribution in [0, 0.1) is 6.92 Å². The van der Waals surface area contributed by atoms with Crippen LogP contribution in [0.25, 0.3) is 0 Å². The Hall–Kier alpha value is -3.60. The number of benzene rings is 3. The molecule has 3 heterocycles. The van der Waals surface area contributed by atoms with Crippen LogP contribution in [-0.4, -0.2) is 75.0 Å². The highest BCUT2D eigenvalue weighted by atomic mass is 79.9. The molecule has 0 amide bonds. The van der Waals surface area contributed by atoms with Gasteiger partial charge in [-0.3, -0.25) is 4.72 Å². The van der Waals surface area contributed by atoms with E-state index in [1.807, 2.05) is 0 Å². The molecule has 0 saturated heterocycles. The molecule has 3 aromatic heterocycles. The zero-order chi connectivity index (χ0) is 58.9. The molecule has 0 fully saturated rings. The number of hydrogen-bond acceptors (Lipinski definition) is 12. The van der Waals surface area contributed by atoms with Gasteiger partial charge in [0.1, 0.15) is 27.3 Å². The molecule has 15 nitrogen and oxygen atoms in total. The van der Waals surface area contributed by atoms with E-state index in [-0.39, 0.29) is 37.5 Å². The van der Waals surface area contributed by atoms with Gasteiger partial charge in [-0.2, -0.15) is 39.5 Å². The summed E-state index contributed by atoms with van der Waals surface area (Å²) in [7, 11) is -9.08. The zero-order valence-electron chi connectivity index (χ0n) is 39.7. The third-order valence-electron chi connectivity index (χ3n) is 9.69. The molecule has 0 unspecified atom stereocenters. The van der Waals surface area contributed by atoms with Crippen LogP contribution in [0.2, 0.25) is 15.1 Å². The number of ether oxygens (including phenoxy) is 3. The van der Waals surface area contributed by atoms with Crippen LogP contribution in [0.15, 0.2) is 120 Å². The van der Waals surface area contributed by atoms with Crippen LogP contribution in [0.1, 0.15) is 33.4 Å². The number of aromatic nitrogens is 3. The maximum atomic E-state index is 13.1. The summed E-state index contributed by atoms with van der Waals surface area (Å²) in [5.74, 6) is 0. The Labute approximate surface area is 489 Å². The van der Waals surface area contributed by atoms with Gasteiger partial charge in [0.25, 0.3) is 30.1 Å². The van der Waals surface area contributed by atoms with E-state index in [9.17, 15) is 64.8 Å². The van der Waals surface area contributed by atoms with E-state index in [4.69, 9.17) is 49.0 Å². The highest BCUT2D eigenvalue weighted by Gasteiger charge is 2.38. The van der Waals surface area contributed by atoms with Gasteiger partial charge in [0, 0.05) is 45.3 Å². The van der Waals surface area contributed by atoms with Crippen molar-refractivity contribution in [1.82, 2.24) is 15.0 Å². The van der Waals surface area contributed by atoms with Crippen LogP contribution in [0.3, 0.4) is 0 Å². The first-order valence-electron chi connectivity index (χ1n) is 20.7. The van der Waals surface area contributed by atoms with Crippen LogP contribution in [0.5, 0.6) is 0 Å². The second-order valence-electron chi connectivity index (χ2n) is 15.3. The Morgan fingerprint density at radius 3 is 1.29 bits per heavy atom. The van der Waals surface area contributed by atoms with Gasteiger partial charge >= 0.3 is 18.5 Å². The van der Waals surface area contributed by atoms with Crippen molar-refractivity contribution in [2.45, 2.75) is 52.1 Å². The third kappa shape index (κ3) is 17.2. The van der Waals surface area contributed by atoms with Crippen LogP contribution >= 0.6 is 98.5 Å². The van der Waals surface area contributed by atoms with Gasteiger partial charge in [0.05, 0.1) is 70.1 Å². The van der Waals surface area contributed by atoms with Gasteiger partial charge in [-0.15, -0.1) is 0 Å². The van der Waals surface area contributed by atoms with Crippen molar-refractivity contribution in [1.29, 1.82) is 0 Å². The third-order valence-corrected chi connectivity index (χ3v) is 18.0. The highest BCUT2D eigenvalue weighted by Crippen LogP contribution is 2.41. The summed E-state index contributed by atoms with van der Waals surface area (Å²) in [6.45, 7) is 0.968. The molecule has 3 aromatic carbocycles. The van der Waals surface area contributed by atoms with Gasteiger partial charge < -0.3 is 14.2 Å². The summed E-state index contributed by atoms with van der Waals surface area (Å²) < 4.78 is 213. The molecule has 0 atom stereocenters. The number of aryl methyl sites for hydroxylation is 1.